The van der Waals surface area contributed by atoms with Crippen molar-refractivity contribution in [2.75, 3.05) is 30.4 Å². The van der Waals surface area contributed by atoms with Gasteiger partial charge in [-0.25, -0.2) is 0 Å². The Morgan fingerprint density at radius 3 is 2.41 bits per heavy atom. The highest BCUT2D eigenvalue weighted by Crippen LogP contribution is 2.17. The van der Waals surface area contributed by atoms with Gasteiger partial charge >= 0.3 is 0 Å². The quantitative estimate of drug-likeness (QED) is 0.826. The molecule has 0 fully saturated rings. The predicted molar refractivity (Wildman–Crippen MR) is 90.2 cm³/mol. The molecular weight excluding hydrogens is 276 g/mol. The minimum absolute atomic E-state index is 0.0142. The van der Waals surface area contributed by atoms with Crippen molar-refractivity contribution in [3.8, 4) is 0 Å². The number of hydrogen-bond acceptors (Lipinski definition) is 3. The normalized spacial score (nSPS) is 10.3. The Hall–Kier alpha value is -2.33. The number of nitrogens with one attached hydrogen (secondary N) is 1. The van der Waals surface area contributed by atoms with Crippen LogP contribution in [0.2, 0.25) is 0 Å². The molecule has 1 amide bonds. The second-order valence-electron chi connectivity index (χ2n) is 5.23. The van der Waals surface area contributed by atoms with Gasteiger partial charge in [-0.2, -0.15) is 0 Å². The van der Waals surface area contributed by atoms with Crippen LogP contribution in [-0.4, -0.2) is 31.2 Å². The van der Waals surface area contributed by atoms with Crippen LogP contribution >= 0.6 is 0 Å². The van der Waals surface area contributed by atoms with E-state index in [2.05, 4.69) is 5.32 Å². The second kappa shape index (κ2) is 8.20. The smallest absolute Gasteiger partial charge is 0.224 e. The molecule has 2 N–H and O–H groups in total. The van der Waals surface area contributed by atoms with Crippen LogP contribution in [-0.2, 0) is 11.2 Å². The maximum Gasteiger partial charge on any atom is 0.224 e. The third-order valence-corrected chi connectivity index (χ3v) is 3.51. The summed E-state index contributed by atoms with van der Waals surface area (Å²) in [5.74, 6) is 0.0142. The SMILES string of the molecule is CN(CCO)c1ccc(NC(=O)CCc2ccccc2)cc1. The molecular formula is C18H22N2O2. The zero-order chi connectivity index (χ0) is 15.8. The summed E-state index contributed by atoms with van der Waals surface area (Å²) in [5.41, 5.74) is 2.97. The van der Waals surface area contributed by atoms with Crippen LogP contribution in [0.15, 0.2) is 54.6 Å². The van der Waals surface area contributed by atoms with E-state index in [1.54, 1.807) is 0 Å². The number of carbonyl (C=O) groups excluding carboxylic acids is 1. The molecule has 22 heavy (non-hydrogen) atoms. The highest BCUT2D eigenvalue weighted by molar-refractivity contribution is 5.91. The summed E-state index contributed by atoms with van der Waals surface area (Å²) in [6.07, 6.45) is 1.21. The van der Waals surface area contributed by atoms with Crippen molar-refractivity contribution >= 4 is 17.3 Å². The first-order chi connectivity index (χ1) is 10.7. The van der Waals surface area contributed by atoms with Gasteiger partial charge in [-0.3, -0.25) is 4.79 Å². The highest BCUT2D eigenvalue weighted by atomic mass is 16.3. The van der Waals surface area contributed by atoms with Crippen molar-refractivity contribution in [2.24, 2.45) is 0 Å². The first-order valence-electron chi connectivity index (χ1n) is 7.45. The van der Waals surface area contributed by atoms with Crippen LogP contribution in [0.4, 0.5) is 11.4 Å². The lowest BCUT2D eigenvalue weighted by Crippen LogP contribution is -2.21. The number of aryl methyl sites for hydroxylation is 1. The molecule has 116 valence electrons. The zero-order valence-corrected chi connectivity index (χ0v) is 12.8. The molecule has 2 aromatic carbocycles. The van der Waals surface area contributed by atoms with Crippen LogP contribution < -0.4 is 10.2 Å². The molecule has 0 aliphatic heterocycles. The summed E-state index contributed by atoms with van der Waals surface area (Å²) in [6, 6.07) is 17.6. The zero-order valence-electron chi connectivity index (χ0n) is 12.8. The molecule has 0 unspecified atom stereocenters. The van der Waals surface area contributed by atoms with Gasteiger partial charge in [0.2, 0.25) is 5.91 Å². The van der Waals surface area contributed by atoms with Gasteiger partial charge in [0.25, 0.3) is 0 Å². The minimum atomic E-state index is 0.0142. The Kier molecular flexibility index (Phi) is 5.98. The molecule has 0 aromatic heterocycles. The first kappa shape index (κ1) is 16.0. The van der Waals surface area contributed by atoms with Gasteiger partial charge in [0, 0.05) is 31.4 Å². The van der Waals surface area contributed by atoms with Crippen molar-refractivity contribution in [2.45, 2.75) is 12.8 Å². The topological polar surface area (TPSA) is 52.6 Å². The van der Waals surface area contributed by atoms with Crippen LogP contribution in [0.25, 0.3) is 0 Å². The van der Waals surface area contributed by atoms with Crippen molar-refractivity contribution in [1.82, 2.24) is 0 Å². The van der Waals surface area contributed by atoms with E-state index in [1.165, 1.54) is 5.56 Å². The monoisotopic (exact) mass is 298 g/mol. The third-order valence-electron chi connectivity index (χ3n) is 3.51. The van der Waals surface area contributed by atoms with E-state index in [0.717, 1.165) is 17.8 Å². The second-order valence-corrected chi connectivity index (χ2v) is 5.23. The van der Waals surface area contributed by atoms with E-state index in [9.17, 15) is 4.79 Å². The maximum absolute atomic E-state index is 12.0. The average Bonchev–Trinajstić information content (AvgIpc) is 2.55. The fraction of sp³-hybridized carbons (Fsp3) is 0.278. The summed E-state index contributed by atoms with van der Waals surface area (Å²) >= 11 is 0. The molecule has 0 atom stereocenters. The number of anilines is 2. The van der Waals surface area contributed by atoms with Gasteiger partial charge in [0.15, 0.2) is 0 Å². The molecule has 4 nitrogen and oxygen atoms in total. The molecule has 0 heterocycles. The van der Waals surface area contributed by atoms with Gasteiger partial charge in [-0.15, -0.1) is 0 Å². The summed E-state index contributed by atoms with van der Waals surface area (Å²) in [6.45, 7) is 0.706. The minimum Gasteiger partial charge on any atom is -0.395 e. The number of hydrogen-bond donors (Lipinski definition) is 2. The Balaban J connectivity index is 1.84. The Labute approximate surface area is 131 Å². The Bertz CT molecular complexity index is 582. The van der Waals surface area contributed by atoms with Gasteiger partial charge in [0.05, 0.1) is 6.61 Å². The standard InChI is InChI=1S/C18H22N2O2/c1-20(13-14-21)17-10-8-16(9-11-17)19-18(22)12-7-15-5-3-2-4-6-15/h2-6,8-11,21H,7,12-14H2,1H3,(H,19,22). The lowest BCUT2D eigenvalue weighted by molar-refractivity contribution is -0.116. The van der Waals surface area contributed by atoms with Crippen LogP contribution in [0.1, 0.15) is 12.0 Å². The number of benzene rings is 2. The summed E-state index contributed by atoms with van der Waals surface area (Å²) < 4.78 is 0. The molecule has 0 saturated heterocycles. The molecule has 0 aliphatic carbocycles. The number of aliphatic hydroxyl groups is 1. The molecule has 2 rings (SSSR count). The summed E-state index contributed by atoms with van der Waals surface area (Å²) in [4.78, 5) is 13.9. The highest BCUT2D eigenvalue weighted by Gasteiger charge is 2.04. The van der Waals surface area contributed by atoms with Crippen molar-refractivity contribution < 1.29 is 9.90 Å². The predicted octanol–water partition coefficient (Wildman–Crippen LogP) is 2.69. The summed E-state index contributed by atoms with van der Waals surface area (Å²) in [7, 11) is 1.92. The fourth-order valence-corrected chi connectivity index (χ4v) is 2.20. The number of likely N-dealkylation sites (N-methyl/N-ethyl adjacent to an activating group) is 1. The van der Waals surface area contributed by atoms with Crippen molar-refractivity contribution in [1.29, 1.82) is 0 Å². The van der Waals surface area contributed by atoms with E-state index in [4.69, 9.17) is 5.11 Å². The number of carbonyl (C=O) groups is 1. The number of aliphatic hydroxyl groups excluding tert-OH is 1. The average molecular weight is 298 g/mol. The first-order valence-corrected chi connectivity index (χ1v) is 7.45. The van der Waals surface area contributed by atoms with Crippen molar-refractivity contribution in [3.63, 3.8) is 0 Å². The molecule has 0 saturated carbocycles. The number of nitrogens with zero attached hydrogens (tertiary/aromatic N) is 1. The van der Waals surface area contributed by atoms with Gasteiger partial charge in [-0.05, 0) is 36.2 Å². The third kappa shape index (κ3) is 4.90. The van der Waals surface area contributed by atoms with Crippen LogP contribution in [0.5, 0.6) is 0 Å². The van der Waals surface area contributed by atoms with Gasteiger partial charge < -0.3 is 15.3 Å². The van der Waals surface area contributed by atoms with Gasteiger partial charge in [0.1, 0.15) is 0 Å². The van der Waals surface area contributed by atoms with Crippen LogP contribution in [0.3, 0.4) is 0 Å². The molecule has 4 heteroatoms. The molecule has 0 bridgehead atoms. The number of amides is 1. The number of rotatable bonds is 7. The maximum atomic E-state index is 12.0. The van der Waals surface area contributed by atoms with E-state index in [-0.39, 0.29) is 12.5 Å². The Morgan fingerprint density at radius 2 is 1.77 bits per heavy atom. The van der Waals surface area contributed by atoms with Gasteiger partial charge in [-0.1, -0.05) is 30.3 Å². The van der Waals surface area contributed by atoms with E-state index < -0.39 is 0 Å². The lowest BCUT2D eigenvalue weighted by Gasteiger charge is -2.18. The Morgan fingerprint density at radius 1 is 1.09 bits per heavy atom. The largest absolute Gasteiger partial charge is 0.395 e. The summed E-state index contributed by atoms with van der Waals surface area (Å²) in [5, 5.41) is 11.8. The molecule has 2 aromatic rings. The van der Waals surface area contributed by atoms with E-state index >= 15 is 0 Å². The molecule has 0 spiro atoms. The molecule has 0 aliphatic rings. The fourth-order valence-electron chi connectivity index (χ4n) is 2.20. The lowest BCUT2D eigenvalue weighted by atomic mass is 10.1. The molecule has 0 radical (unpaired) electrons. The van der Waals surface area contributed by atoms with Crippen molar-refractivity contribution in [3.05, 3.63) is 60.2 Å². The van der Waals surface area contributed by atoms with E-state index in [1.807, 2.05) is 66.5 Å². The van der Waals surface area contributed by atoms with E-state index in [0.29, 0.717) is 13.0 Å². The van der Waals surface area contributed by atoms with Crippen LogP contribution in [0, 0.1) is 0 Å².